The molecule has 12 heteroatoms. The Hall–Kier alpha value is -3.63. The maximum absolute atomic E-state index is 12.6. The number of imidazole rings is 2. The third kappa shape index (κ3) is 8.27. The van der Waals surface area contributed by atoms with E-state index >= 15 is 0 Å². The summed E-state index contributed by atoms with van der Waals surface area (Å²) >= 11 is 0. The van der Waals surface area contributed by atoms with E-state index < -0.39 is 0 Å². The maximum atomic E-state index is 12.6. The number of nitrogens with one attached hydrogen (secondary N) is 1. The van der Waals surface area contributed by atoms with Crippen LogP contribution in [0.25, 0.3) is 0 Å². The number of rotatable bonds is 5. The van der Waals surface area contributed by atoms with Crippen molar-refractivity contribution >= 4 is 29.0 Å². The number of aryl methyl sites for hydroxylation is 4. The lowest BCUT2D eigenvalue weighted by Gasteiger charge is -1.97. The second-order valence-corrected chi connectivity index (χ2v) is 7.31. The van der Waals surface area contributed by atoms with Gasteiger partial charge in [-0.3, -0.25) is 0 Å². The van der Waals surface area contributed by atoms with Gasteiger partial charge < -0.3 is 30.1 Å². The molecule has 2 aromatic heterocycles. The van der Waals surface area contributed by atoms with E-state index in [1.54, 1.807) is 12.1 Å². The van der Waals surface area contributed by atoms with Gasteiger partial charge in [-0.25, -0.2) is 22.7 Å². The topological polar surface area (TPSA) is 79.1 Å². The first-order valence-electron chi connectivity index (χ1n) is 10.3. The van der Waals surface area contributed by atoms with Crippen molar-refractivity contribution < 1.29 is 38.3 Å². The first-order chi connectivity index (χ1) is 15.9. The van der Waals surface area contributed by atoms with Gasteiger partial charge in [0.15, 0.2) is 0 Å². The van der Waals surface area contributed by atoms with Crippen molar-refractivity contribution in [2.24, 2.45) is 48.6 Å². The number of azo groups is 2. The Kier molecular flexibility index (Phi) is 11.7. The van der Waals surface area contributed by atoms with Crippen molar-refractivity contribution in [1.29, 1.82) is 0 Å². The normalized spacial score (nSPS) is 10.5. The van der Waals surface area contributed by atoms with Gasteiger partial charge in [-0.1, -0.05) is 10.2 Å². The van der Waals surface area contributed by atoms with Gasteiger partial charge in [-0.05, 0) is 48.5 Å². The molecule has 0 spiro atoms. The summed E-state index contributed by atoms with van der Waals surface area (Å²) in [7, 11) is 9.55. The van der Waals surface area contributed by atoms with Gasteiger partial charge in [0, 0.05) is 23.0 Å². The minimum Gasteiger partial charge on any atom is -1.00 e. The van der Waals surface area contributed by atoms with E-state index in [0.717, 1.165) is 23.3 Å². The predicted octanol–water partition coefficient (Wildman–Crippen LogP) is -1.28. The van der Waals surface area contributed by atoms with Gasteiger partial charge in [0.25, 0.3) is 0 Å². The Morgan fingerprint density at radius 1 is 0.686 bits per heavy atom. The molecule has 2 aromatic carbocycles. The fourth-order valence-electron chi connectivity index (χ4n) is 2.85. The largest absolute Gasteiger partial charge is 1.00 e. The standard InChI is InChI=1S/C12H15N5.C11H12FN4.2ClH/c1-13-10-4-6-11(7-5-10)14-15-12-16(2)8-9-17(12)3;1-15-7-8-16(2)11(15)14-13-10-5-3-9(12)4-6-10;;/h4-9H,1-3H3;3-8H,1-2H3;2*1H/q;+1;;/p-1. The molecular weight excluding hydrogens is 492 g/mol. The Morgan fingerprint density at radius 2 is 1.09 bits per heavy atom. The van der Waals surface area contributed by atoms with Crippen LogP contribution in [-0.2, 0) is 28.2 Å². The second-order valence-electron chi connectivity index (χ2n) is 7.31. The molecule has 0 atom stereocenters. The third-order valence-corrected chi connectivity index (χ3v) is 4.78. The number of aromatic nitrogens is 4. The van der Waals surface area contributed by atoms with Crippen molar-refractivity contribution in [1.82, 2.24) is 9.13 Å². The molecule has 0 saturated carbocycles. The van der Waals surface area contributed by atoms with Crippen LogP contribution in [0, 0.1) is 5.82 Å². The lowest BCUT2D eigenvalue weighted by molar-refractivity contribution is -0.657. The number of hydrogen-bond donors (Lipinski definition) is 1. The van der Waals surface area contributed by atoms with Crippen LogP contribution < -0.4 is 39.3 Å². The van der Waals surface area contributed by atoms with Crippen LogP contribution in [0.2, 0.25) is 0 Å². The zero-order valence-corrected chi connectivity index (χ0v) is 21.7. The maximum Gasteiger partial charge on any atom is 0.421 e. The predicted molar refractivity (Wildman–Crippen MR) is 124 cm³/mol. The molecular formula is C23H28Cl2FN9. The molecule has 0 radical (unpaired) electrons. The van der Waals surface area contributed by atoms with Crippen molar-refractivity contribution in [2.75, 3.05) is 12.4 Å². The Morgan fingerprint density at radius 3 is 1.43 bits per heavy atom. The lowest BCUT2D eigenvalue weighted by Crippen LogP contribution is -3.00. The minimum atomic E-state index is -0.275. The molecule has 0 bridgehead atoms. The summed E-state index contributed by atoms with van der Waals surface area (Å²) in [5, 5.41) is 19.6. The first-order valence-corrected chi connectivity index (χ1v) is 10.3. The van der Waals surface area contributed by atoms with Crippen LogP contribution in [0.5, 0.6) is 0 Å². The van der Waals surface area contributed by atoms with Gasteiger partial charge >= 0.3 is 11.9 Å². The quantitative estimate of drug-likeness (QED) is 0.258. The fourth-order valence-corrected chi connectivity index (χ4v) is 2.85. The average molecular weight is 520 g/mol. The van der Waals surface area contributed by atoms with Gasteiger partial charge in [-0.15, -0.1) is 0 Å². The van der Waals surface area contributed by atoms with Crippen LogP contribution in [0.3, 0.4) is 0 Å². The number of anilines is 1. The Labute approximate surface area is 216 Å². The highest BCUT2D eigenvalue weighted by Gasteiger charge is 2.11. The van der Waals surface area contributed by atoms with Gasteiger partial charge in [0.2, 0.25) is 0 Å². The van der Waals surface area contributed by atoms with Crippen molar-refractivity contribution in [2.45, 2.75) is 0 Å². The van der Waals surface area contributed by atoms with Crippen LogP contribution in [0.15, 0.2) is 93.8 Å². The highest BCUT2D eigenvalue weighted by molar-refractivity contribution is 5.50. The number of benzene rings is 2. The molecule has 0 saturated heterocycles. The van der Waals surface area contributed by atoms with Gasteiger partial charge in [-0.2, -0.15) is 0 Å². The van der Waals surface area contributed by atoms with Crippen molar-refractivity contribution in [3.05, 3.63) is 79.1 Å². The van der Waals surface area contributed by atoms with E-state index in [0.29, 0.717) is 5.69 Å². The monoisotopic (exact) mass is 519 g/mol. The molecule has 0 aliphatic carbocycles. The summed E-state index contributed by atoms with van der Waals surface area (Å²) in [4.78, 5) is 0. The summed E-state index contributed by atoms with van der Waals surface area (Å²) in [6.45, 7) is 0. The summed E-state index contributed by atoms with van der Waals surface area (Å²) < 4.78 is 20.2. The third-order valence-electron chi connectivity index (χ3n) is 4.78. The van der Waals surface area contributed by atoms with E-state index in [1.165, 1.54) is 12.1 Å². The minimum absolute atomic E-state index is 0. The molecule has 1 N–H and O–H groups in total. The summed E-state index contributed by atoms with van der Waals surface area (Å²) in [5.41, 5.74) is 2.53. The second kappa shape index (κ2) is 13.9. The molecule has 9 nitrogen and oxygen atoms in total. The van der Waals surface area contributed by atoms with Crippen LogP contribution in [0.1, 0.15) is 0 Å². The SMILES string of the molecule is CNc1ccc(N=Nc2n(C)cc[n+]2C)cc1.Cn1cc[n+](C)c1N=Nc1ccc(F)cc1.[Cl-].[Cl-]. The fraction of sp³-hybridized carbons (Fsp3) is 0.217. The molecule has 0 fully saturated rings. The highest BCUT2D eigenvalue weighted by atomic mass is 35.5. The highest BCUT2D eigenvalue weighted by Crippen LogP contribution is 2.18. The number of nitrogens with zero attached hydrogens (tertiary/aromatic N) is 8. The van der Waals surface area contributed by atoms with Gasteiger partial charge in [0.05, 0.1) is 53.0 Å². The lowest BCUT2D eigenvalue weighted by atomic mass is 10.3. The van der Waals surface area contributed by atoms with Gasteiger partial charge in [0.1, 0.15) is 17.2 Å². The first kappa shape index (κ1) is 29.4. The summed E-state index contributed by atoms with van der Waals surface area (Å²) in [5.74, 6) is 1.26. The molecule has 4 rings (SSSR count). The molecule has 186 valence electrons. The molecule has 0 unspecified atom stereocenters. The molecule has 0 aliphatic rings. The van der Waals surface area contributed by atoms with Crippen LogP contribution >= 0.6 is 0 Å². The van der Waals surface area contributed by atoms with E-state index in [9.17, 15) is 4.39 Å². The smallest absolute Gasteiger partial charge is 0.421 e. The Balaban J connectivity index is 0.000000332. The van der Waals surface area contributed by atoms with Crippen LogP contribution in [0.4, 0.5) is 33.3 Å². The van der Waals surface area contributed by atoms with E-state index in [-0.39, 0.29) is 30.6 Å². The Bertz CT molecular complexity index is 1210. The zero-order chi connectivity index (χ0) is 23.8. The molecule has 2 heterocycles. The molecule has 4 aromatic rings. The number of hydrogen-bond acceptors (Lipinski definition) is 5. The van der Waals surface area contributed by atoms with Crippen LogP contribution in [-0.4, -0.2) is 16.2 Å². The number of halogens is 3. The molecule has 35 heavy (non-hydrogen) atoms. The van der Waals surface area contributed by atoms with E-state index in [4.69, 9.17) is 0 Å². The summed E-state index contributed by atoms with van der Waals surface area (Å²) in [6, 6.07) is 13.7. The molecule has 0 amide bonds. The van der Waals surface area contributed by atoms with Crippen molar-refractivity contribution in [3.8, 4) is 0 Å². The zero-order valence-electron chi connectivity index (χ0n) is 20.1. The van der Waals surface area contributed by atoms with Crippen molar-refractivity contribution in [3.63, 3.8) is 0 Å². The van der Waals surface area contributed by atoms with E-state index in [2.05, 4.69) is 25.8 Å². The molecule has 0 aliphatic heterocycles. The van der Waals surface area contributed by atoms with E-state index in [1.807, 2.05) is 103 Å². The average Bonchev–Trinajstić information content (AvgIpc) is 3.32. The summed E-state index contributed by atoms with van der Waals surface area (Å²) in [6.07, 6.45) is 7.66.